The molecule has 0 aliphatic rings. The lowest BCUT2D eigenvalue weighted by atomic mass is 10.2. The predicted octanol–water partition coefficient (Wildman–Crippen LogP) is 3.66. The fraction of sp³-hybridized carbons (Fsp3) is 0.188. The first kappa shape index (κ1) is 15.8. The van der Waals surface area contributed by atoms with E-state index < -0.39 is 0 Å². The minimum atomic E-state index is -0.250. The molecule has 0 saturated heterocycles. The standard InChI is InChI=1S/C16H16N4OS2/c1-11(23-16-17-8-9-20(16)2)14(21)19-15-18-13(10-22-15)12-6-4-3-5-7-12/h3-11H,1-2H3,(H,18,19,21). The monoisotopic (exact) mass is 344 g/mol. The van der Waals surface area contributed by atoms with E-state index in [1.54, 1.807) is 6.20 Å². The Morgan fingerprint density at radius 1 is 1.35 bits per heavy atom. The molecule has 118 valence electrons. The lowest BCUT2D eigenvalue weighted by molar-refractivity contribution is -0.115. The molecule has 0 aliphatic carbocycles. The molecule has 2 aromatic heterocycles. The van der Waals surface area contributed by atoms with Gasteiger partial charge in [-0.15, -0.1) is 11.3 Å². The molecule has 1 N–H and O–H groups in total. The molecule has 3 rings (SSSR count). The van der Waals surface area contributed by atoms with Gasteiger partial charge in [-0.2, -0.15) is 0 Å². The molecule has 0 spiro atoms. The van der Waals surface area contributed by atoms with Crippen molar-refractivity contribution in [3.8, 4) is 11.3 Å². The van der Waals surface area contributed by atoms with Gasteiger partial charge in [0.15, 0.2) is 10.3 Å². The van der Waals surface area contributed by atoms with E-state index in [0.717, 1.165) is 16.4 Å². The van der Waals surface area contributed by atoms with Gasteiger partial charge < -0.3 is 9.88 Å². The maximum absolute atomic E-state index is 12.3. The average molecular weight is 344 g/mol. The third-order valence-electron chi connectivity index (χ3n) is 3.23. The summed E-state index contributed by atoms with van der Waals surface area (Å²) in [5.74, 6) is -0.0769. The number of carbonyl (C=O) groups excluding carboxylic acids is 1. The fourth-order valence-electron chi connectivity index (χ4n) is 1.96. The lowest BCUT2D eigenvalue weighted by Gasteiger charge is -2.09. The van der Waals surface area contributed by atoms with Crippen LogP contribution in [-0.4, -0.2) is 25.7 Å². The van der Waals surface area contributed by atoms with Crippen LogP contribution in [-0.2, 0) is 11.8 Å². The van der Waals surface area contributed by atoms with Crippen LogP contribution in [0.1, 0.15) is 6.92 Å². The van der Waals surface area contributed by atoms with E-state index in [1.807, 2.05) is 60.4 Å². The summed E-state index contributed by atoms with van der Waals surface area (Å²) in [6, 6.07) is 9.91. The van der Waals surface area contributed by atoms with E-state index in [4.69, 9.17) is 0 Å². The van der Waals surface area contributed by atoms with Gasteiger partial charge in [0.2, 0.25) is 5.91 Å². The molecule has 23 heavy (non-hydrogen) atoms. The van der Waals surface area contributed by atoms with Crippen LogP contribution >= 0.6 is 23.1 Å². The number of thioether (sulfide) groups is 1. The van der Waals surface area contributed by atoms with Crippen molar-refractivity contribution in [2.24, 2.45) is 7.05 Å². The molecular weight excluding hydrogens is 328 g/mol. The first-order valence-corrected chi connectivity index (χ1v) is 8.85. The van der Waals surface area contributed by atoms with Gasteiger partial charge in [0.05, 0.1) is 10.9 Å². The Kier molecular flexibility index (Phi) is 4.78. The second-order valence-electron chi connectivity index (χ2n) is 4.97. The van der Waals surface area contributed by atoms with Crippen molar-refractivity contribution < 1.29 is 4.79 Å². The highest BCUT2D eigenvalue weighted by Gasteiger charge is 2.18. The molecule has 1 unspecified atom stereocenters. The smallest absolute Gasteiger partial charge is 0.239 e. The van der Waals surface area contributed by atoms with Crippen LogP contribution in [0.15, 0.2) is 53.3 Å². The summed E-state index contributed by atoms with van der Waals surface area (Å²) in [4.78, 5) is 21.0. The Hall–Kier alpha value is -2.12. The van der Waals surface area contributed by atoms with Crippen LogP contribution in [0.3, 0.4) is 0 Å². The second kappa shape index (κ2) is 6.97. The summed E-state index contributed by atoms with van der Waals surface area (Å²) in [5.41, 5.74) is 1.91. The molecule has 0 radical (unpaired) electrons. The number of imidazole rings is 1. The zero-order valence-electron chi connectivity index (χ0n) is 12.8. The summed E-state index contributed by atoms with van der Waals surface area (Å²) >= 11 is 2.85. The Morgan fingerprint density at radius 3 is 2.83 bits per heavy atom. The van der Waals surface area contributed by atoms with Crippen LogP contribution in [0.2, 0.25) is 0 Å². The number of benzene rings is 1. The highest BCUT2D eigenvalue weighted by molar-refractivity contribution is 8.00. The SMILES string of the molecule is CC(Sc1nccn1C)C(=O)Nc1nc(-c2ccccc2)cs1. The van der Waals surface area contributed by atoms with Gasteiger partial charge in [-0.05, 0) is 6.92 Å². The number of aryl methyl sites for hydroxylation is 1. The van der Waals surface area contributed by atoms with Crippen molar-refractivity contribution in [3.05, 3.63) is 48.1 Å². The van der Waals surface area contributed by atoms with Crippen molar-refractivity contribution in [2.45, 2.75) is 17.3 Å². The average Bonchev–Trinajstić information content (AvgIpc) is 3.18. The first-order chi connectivity index (χ1) is 11.1. The number of hydrogen-bond donors (Lipinski definition) is 1. The van der Waals surface area contributed by atoms with Gasteiger partial charge in [0, 0.05) is 30.4 Å². The Morgan fingerprint density at radius 2 is 2.13 bits per heavy atom. The van der Waals surface area contributed by atoms with E-state index in [9.17, 15) is 4.79 Å². The van der Waals surface area contributed by atoms with Gasteiger partial charge in [0.25, 0.3) is 0 Å². The molecule has 0 bridgehead atoms. The predicted molar refractivity (Wildman–Crippen MR) is 94.7 cm³/mol. The van der Waals surface area contributed by atoms with Gasteiger partial charge in [0.1, 0.15) is 0 Å². The van der Waals surface area contributed by atoms with Crippen molar-refractivity contribution in [2.75, 3.05) is 5.32 Å². The molecule has 7 heteroatoms. The van der Waals surface area contributed by atoms with Crippen LogP contribution in [0.5, 0.6) is 0 Å². The number of carbonyl (C=O) groups is 1. The number of nitrogens with one attached hydrogen (secondary N) is 1. The number of rotatable bonds is 5. The van der Waals surface area contributed by atoms with Gasteiger partial charge >= 0.3 is 0 Å². The van der Waals surface area contributed by atoms with E-state index >= 15 is 0 Å². The van der Waals surface area contributed by atoms with Crippen molar-refractivity contribution in [1.29, 1.82) is 0 Å². The summed E-state index contributed by atoms with van der Waals surface area (Å²) in [7, 11) is 1.91. The van der Waals surface area contributed by atoms with E-state index in [1.165, 1.54) is 23.1 Å². The zero-order valence-corrected chi connectivity index (χ0v) is 14.4. The second-order valence-corrected chi connectivity index (χ2v) is 7.14. The van der Waals surface area contributed by atoms with Crippen LogP contribution < -0.4 is 5.32 Å². The Balaban J connectivity index is 1.64. The van der Waals surface area contributed by atoms with E-state index in [2.05, 4.69) is 15.3 Å². The summed E-state index contributed by atoms with van der Waals surface area (Å²) < 4.78 is 1.89. The highest BCUT2D eigenvalue weighted by Crippen LogP contribution is 2.26. The number of thiazole rings is 1. The van der Waals surface area contributed by atoms with Crippen molar-refractivity contribution in [3.63, 3.8) is 0 Å². The van der Waals surface area contributed by atoms with Gasteiger partial charge in [-0.3, -0.25) is 4.79 Å². The van der Waals surface area contributed by atoms with Gasteiger partial charge in [-0.1, -0.05) is 42.1 Å². The summed E-state index contributed by atoms with van der Waals surface area (Å²) in [6.45, 7) is 1.86. The number of aromatic nitrogens is 3. The Labute approximate surface area is 142 Å². The lowest BCUT2D eigenvalue weighted by Crippen LogP contribution is -2.22. The van der Waals surface area contributed by atoms with Gasteiger partial charge in [-0.25, -0.2) is 9.97 Å². The molecule has 5 nitrogen and oxygen atoms in total. The normalized spacial score (nSPS) is 12.1. The molecule has 1 atom stereocenters. The molecule has 3 aromatic rings. The van der Waals surface area contributed by atoms with Crippen molar-refractivity contribution >= 4 is 34.1 Å². The topological polar surface area (TPSA) is 59.8 Å². The summed E-state index contributed by atoms with van der Waals surface area (Å²) in [6.07, 6.45) is 3.58. The first-order valence-electron chi connectivity index (χ1n) is 7.09. The third-order valence-corrected chi connectivity index (χ3v) is 5.16. The number of anilines is 1. The minimum Gasteiger partial charge on any atom is -0.329 e. The third kappa shape index (κ3) is 3.80. The van der Waals surface area contributed by atoms with Crippen LogP contribution in [0.25, 0.3) is 11.3 Å². The molecule has 1 aromatic carbocycles. The van der Waals surface area contributed by atoms with E-state index in [-0.39, 0.29) is 11.2 Å². The largest absolute Gasteiger partial charge is 0.329 e. The molecule has 2 heterocycles. The molecular formula is C16H16N4OS2. The maximum atomic E-state index is 12.3. The number of nitrogens with zero attached hydrogens (tertiary/aromatic N) is 3. The summed E-state index contributed by atoms with van der Waals surface area (Å²) in [5, 5.41) is 6.00. The van der Waals surface area contributed by atoms with Crippen LogP contribution in [0, 0.1) is 0 Å². The van der Waals surface area contributed by atoms with Crippen LogP contribution in [0.4, 0.5) is 5.13 Å². The molecule has 0 aliphatic heterocycles. The molecule has 0 fully saturated rings. The molecule has 1 amide bonds. The number of amides is 1. The highest BCUT2D eigenvalue weighted by atomic mass is 32.2. The quantitative estimate of drug-likeness (QED) is 0.718. The van der Waals surface area contributed by atoms with Crippen molar-refractivity contribution in [1.82, 2.24) is 14.5 Å². The molecule has 0 saturated carbocycles. The Bertz CT molecular complexity index is 797. The number of hydrogen-bond acceptors (Lipinski definition) is 5. The fourth-order valence-corrected chi connectivity index (χ4v) is 3.51. The minimum absolute atomic E-state index is 0.0769. The maximum Gasteiger partial charge on any atom is 0.239 e. The van der Waals surface area contributed by atoms with E-state index in [0.29, 0.717) is 5.13 Å². The zero-order chi connectivity index (χ0) is 16.2.